The summed E-state index contributed by atoms with van der Waals surface area (Å²) in [5.41, 5.74) is -0.596. The number of aryl methyl sites for hydroxylation is 1. The average Bonchev–Trinajstić information content (AvgIpc) is 2.97. The van der Waals surface area contributed by atoms with Crippen molar-refractivity contribution in [1.29, 1.82) is 0 Å². The van der Waals surface area contributed by atoms with E-state index in [1.807, 2.05) is 18.1 Å². The predicted molar refractivity (Wildman–Crippen MR) is 112 cm³/mol. The molecule has 2 aromatic rings. The van der Waals surface area contributed by atoms with Gasteiger partial charge in [0.1, 0.15) is 10.7 Å². The Hall–Kier alpha value is -2.42. The molecule has 2 saturated heterocycles. The molecule has 3 fully saturated rings. The van der Waals surface area contributed by atoms with Gasteiger partial charge in [0.05, 0.1) is 24.0 Å². The number of nitrogens with one attached hydrogen (secondary N) is 1. The van der Waals surface area contributed by atoms with Crippen LogP contribution in [0.2, 0.25) is 5.02 Å². The number of carbonyl (C=O) groups excluding carboxylic acids is 1. The standard InChI is InChI=1S/C20H25ClFN7O/c1-19-10-28(7-12(19)8-29(11-19)17(30)14-4-20(14,2)22)16-15(21)6-23-18(26-16)25-13-5-24-27(3)9-13/h5-6,9,12,14H,4,7-8,10-11H2,1-3H3,(H,23,25,26)/t12-,14-,19+,20?/m0/s1. The zero-order chi connectivity index (χ0) is 21.3. The van der Waals surface area contributed by atoms with Crippen molar-refractivity contribution >= 4 is 35.0 Å². The van der Waals surface area contributed by atoms with E-state index in [9.17, 15) is 9.18 Å². The van der Waals surface area contributed by atoms with E-state index in [0.717, 1.165) is 18.8 Å². The second-order valence-corrected chi connectivity index (χ2v) is 9.79. The molecule has 0 aromatic carbocycles. The third kappa shape index (κ3) is 3.29. The first-order chi connectivity index (χ1) is 14.1. The van der Waals surface area contributed by atoms with Crippen LogP contribution in [0.4, 0.5) is 21.8 Å². The van der Waals surface area contributed by atoms with Crippen LogP contribution in [0.3, 0.4) is 0 Å². The van der Waals surface area contributed by atoms with Crippen molar-refractivity contribution in [1.82, 2.24) is 24.6 Å². The van der Waals surface area contributed by atoms with Crippen LogP contribution in [0.25, 0.3) is 0 Å². The molecular weight excluding hydrogens is 409 g/mol. The first-order valence-corrected chi connectivity index (χ1v) is 10.5. The fourth-order valence-electron chi connectivity index (χ4n) is 4.83. The van der Waals surface area contributed by atoms with Crippen LogP contribution >= 0.6 is 11.6 Å². The Kier molecular flexibility index (Phi) is 4.26. The largest absolute Gasteiger partial charge is 0.354 e. The predicted octanol–water partition coefficient (Wildman–Crippen LogP) is 2.64. The molecule has 5 rings (SSSR count). The van der Waals surface area contributed by atoms with Gasteiger partial charge in [-0.2, -0.15) is 10.1 Å². The first-order valence-electron chi connectivity index (χ1n) is 10.2. The van der Waals surface area contributed by atoms with Crippen molar-refractivity contribution < 1.29 is 9.18 Å². The van der Waals surface area contributed by atoms with Gasteiger partial charge in [-0.25, -0.2) is 9.37 Å². The van der Waals surface area contributed by atoms with Gasteiger partial charge in [-0.3, -0.25) is 9.48 Å². The third-order valence-corrected chi connectivity index (χ3v) is 7.00. The Bertz CT molecular complexity index is 1010. The van der Waals surface area contributed by atoms with Gasteiger partial charge in [-0.1, -0.05) is 18.5 Å². The third-order valence-electron chi connectivity index (χ3n) is 6.74. The summed E-state index contributed by atoms with van der Waals surface area (Å²) in [7, 11) is 1.84. The van der Waals surface area contributed by atoms with Crippen molar-refractivity contribution in [3.63, 3.8) is 0 Å². The van der Waals surface area contributed by atoms with Crippen LogP contribution in [0, 0.1) is 17.3 Å². The molecule has 1 aliphatic carbocycles. The van der Waals surface area contributed by atoms with E-state index in [2.05, 4.69) is 32.2 Å². The van der Waals surface area contributed by atoms with Crippen LogP contribution in [-0.4, -0.2) is 62.4 Å². The molecule has 2 aromatic heterocycles. The Morgan fingerprint density at radius 2 is 2.07 bits per heavy atom. The lowest BCUT2D eigenvalue weighted by molar-refractivity contribution is -0.132. The maximum atomic E-state index is 14.0. The quantitative estimate of drug-likeness (QED) is 0.798. The minimum absolute atomic E-state index is 0.0369. The molecule has 30 heavy (non-hydrogen) atoms. The summed E-state index contributed by atoms with van der Waals surface area (Å²) in [6.07, 6.45) is 5.49. The van der Waals surface area contributed by atoms with E-state index in [-0.39, 0.29) is 11.3 Å². The number of amides is 1. The summed E-state index contributed by atoms with van der Waals surface area (Å²) in [6, 6.07) is 0. The summed E-state index contributed by atoms with van der Waals surface area (Å²) in [5.74, 6) is 0.938. The topological polar surface area (TPSA) is 79.2 Å². The van der Waals surface area contributed by atoms with Gasteiger partial charge in [0.25, 0.3) is 0 Å². The van der Waals surface area contributed by atoms with E-state index in [1.54, 1.807) is 17.1 Å². The van der Waals surface area contributed by atoms with Gasteiger partial charge in [0, 0.05) is 50.8 Å². The van der Waals surface area contributed by atoms with Crippen LogP contribution in [-0.2, 0) is 11.8 Å². The van der Waals surface area contributed by atoms with E-state index in [1.165, 1.54) is 6.92 Å². The number of hydrogen-bond donors (Lipinski definition) is 1. The smallest absolute Gasteiger partial charge is 0.229 e. The van der Waals surface area contributed by atoms with Crippen LogP contribution in [0.5, 0.6) is 0 Å². The van der Waals surface area contributed by atoms with Crippen molar-refractivity contribution in [2.45, 2.75) is 25.9 Å². The summed E-state index contributed by atoms with van der Waals surface area (Å²) in [6.45, 7) is 6.49. The van der Waals surface area contributed by atoms with Crippen molar-refractivity contribution in [3.05, 3.63) is 23.6 Å². The molecular formula is C20H25ClFN7O. The minimum Gasteiger partial charge on any atom is -0.354 e. The molecule has 1 amide bonds. The van der Waals surface area contributed by atoms with Gasteiger partial charge < -0.3 is 15.1 Å². The number of rotatable bonds is 4. The van der Waals surface area contributed by atoms with Gasteiger partial charge in [-0.05, 0) is 13.3 Å². The molecule has 0 radical (unpaired) electrons. The second-order valence-electron chi connectivity index (χ2n) is 9.38. The number of nitrogens with zero attached hydrogens (tertiary/aromatic N) is 6. The minimum atomic E-state index is -1.33. The Balaban J connectivity index is 1.30. The molecule has 1 saturated carbocycles. The lowest BCUT2D eigenvalue weighted by atomic mass is 9.83. The van der Waals surface area contributed by atoms with Crippen molar-refractivity contribution in [2.75, 3.05) is 36.4 Å². The molecule has 160 valence electrons. The molecule has 3 aliphatic rings. The molecule has 4 heterocycles. The summed E-state index contributed by atoms with van der Waals surface area (Å²) < 4.78 is 15.7. The highest BCUT2D eigenvalue weighted by molar-refractivity contribution is 6.32. The van der Waals surface area contributed by atoms with E-state index in [4.69, 9.17) is 11.6 Å². The molecule has 4 atom stereocenters. The van der Waals surface area contributed by atoms with E-state index < -0.39 is 11.6 Å². The molecule has 2 aliphatic heterocycles. The molecule has 0 spiro atoms. The fourth-order valence-corrected chi connectivity index (χ4v) is 5.04. The van der Waals surface area contributed by atoms with Crippen LogP contribution < -0.4 is 10.2 Å². The molecule has 1 N–H and O–H groups in total. The van der Waals surface area contributed by atoms with Gasteiger partial charge in [0.15, 0.2) is 5.82 Å². The number of fused-ring (bicyclic) bond motifs is 1. The van der Waals surface area contributed by atoms with Crippen molar-refractivity contribution in [3.8, 4) is 0 Å². The molecule has 8 nitrogen and oxygen atoms in total. The first kappa shape index (κ1) is 19.5. The maximum Gasteiger partial charge on any atom is 0.229 e. The molecule has 1 unspecified atom stereocenters. The van der Waals surface area contributed by atoms with Crippen molar-refractivity contribution in [2.24, 2.45) is 24.3 Å². The average molecular weight is 434 g/mol. The number of likely N-dealkylation sites (tertiary alicyclic amines) is 1. The van der Waals surface area contributed by atoms with Gasteiger partial charge >= 0.3 is 0 Å². The fraction of sp³-hybridized carbons (Fsp3) is 0.600. The monoisotopic (exact) mass is 433 g/mol. The highest BCUT2D eigenvalue weighted by Gasteiger charge is 2.59. The van der Waals surface area contributed by atoms with Crippen LogP contribution in [0.15, 0.2) is 18.6 Å². The maximum absolute atomic E-state index is 14.0. The number of alkyl halides is 1. The SMILES string of the molecule is Cn1cc(Nc2ncc(Cl)c(N3C[C@H]4CN(C(=O)[C@@H]5CC5(C)F)C[C@@]4(C)C3)n2)cn1. The number of halogens is 2. The van der Waals surface area contributed by atoms with Crippen LogP contribution in [0.1, 0.15) is 20.3 Å². The lowest BCUT2D eigenvalue weighted by Crippen LogP contribution is -2.37. The molecule has 10 heteroatoms. The van der Waals surface area contributed by atoms with Gasteiger partial charge in [-0.15, -0.1) is 0 Å². The van der Waals surface area contributed by atoms with Gasteiger partial charge in [0.2, 0.25) is 11.9 Å². The lowest BCUT2D eigenvalue weighted by Gasteiger charge is -2.26. The Labute approximate surface area is 179 Å². The zero-order valence-corrected chi connectivity index (χ0v) is 18.0. The normalized spacial score (nSPS) is 32.4. The highest BCUT2D eigenvalue weighted by atomic mass is 35.5. The number of aromatic nitrogens is 4. The van der Waals surface area contributed by atoms with E-state index >= 15 is 0 Å². The highest BCUT2D eigenvalue weighted by Crippen LogP contribution is 2.50. The number of carbonyl (C=O) groups is 1. The second kappa shape index (κ2) is 6.54. The Morgan fingerprint density at radius 3 is 2.70 bits per heavy atom. The zero-order valence-electron chi connectivity index (χ0n) is 17.3. The molecule has 0 bridgehead atoms. The van der Waals surface area contributed by atoms with E-state index in [0.29, 0.717) is 42.2 Å². The Morgan fingerprint density at radius 1 is 1.30 bits per heavy atom. The number of hydrogen-bond acceptors (Lipinski definition) is 6. The summed E-state index contributed by atoms with van der Waals surface area (Å²) >= 11 is 6.43. The number of anilines is 3. The summed E-state index contributed by atoms with van der Waals surface area (Å²) in [4.78, 5) is 25.6. The summed E-state index contributed by atoms with van der Waals surface area (Å²) in [5, 5.41) is 7.77.